The SMILES string of the molecule is N[C@@H]1CCC[C@H]1CC(=O)NCc1ccncc1. The first-order chi connectivity index (χ1) is 8.25. The number of aromatic nitrogens is 1. The zero-order chi connectivity index (χ0) is 12.1. The fourth-order valence-corrected chi connectivity index (χ4v) is 2.33. The van der Waals surface area contributed by atoms with Crippen LogP contribution in [0.15, 0.2) is 24.5 Å². The van der Waals surface area contributed by atoms with E-state index in [9.17, 15) is 4.79 Å². The molecule has 0 spiro atoms. The van der Waals surface area contributed by atoms with Gasteiger partial charge in [-0.3, -0.25) is 9.78 Å². The van der Waals surface area contributed by atoms with Crippen molar-refractivity contribution in [3.8, 4) is 0 Å². The van der Waals surface area contributed by atoms with Crippen LogP contribution in [0.2, 0.25) is 0 Å². The summed E-state index contributed by atoms with van der Waals surface area (Å²) in [5, 5.41) is 2.92. The van der Waals surface area contributed by atoms with Gasteiger partial charge in [0.1, 0.15) is 0 Å². The van der Waals surface area contributed by atoms with E-state index in [0.717, 1.165) is 24.8 Å². The molecule has 1 aromatic heterocycles. The summed E-state index contributed by atoms with van der Waals surface area (Å²) in [6.07, 6.45) is 7.32. The molecule has 1 aliphatic rings. The minimum atomic E-state index is 0.101. The monoisotopic (exact) mass is 233 g/mol. The third-order valence-corrected chi connectivity index (χ3v) is 3.40. The molecule has 0 aromatic carbocycles. The summed E-state index contributed by atoms with van der Waals surface area (Å²) in [4.78, 5) is 15.7. The predicted octanol–water partition coefficient (Wildman–Crippen LogP) is 1.22. The lowest BCUT2D eigenvalue weighted by Gasteiger charge is -2.14. The van der Waals surface area contributed by atoms with Gasteiger partial charge >= 0.3 is 0 Å². The standard InChI is InChI=1S/C13H19N3O/c14-12-3-1-2-11(12)8-13(17)16-9-10-4-6-15-7-5-10/h4-7,11-12H,1-3,8-9,14H2,(H,16,17)/t11-,12+/m0/s1. The van der Waals surface area contributed by atoms with Crippen LogP contribution in [0.3, 0.4) is 0 Å². The maximum absolute atomic E-state index is 11.7. The molecule has 0 saturated heterocycles. The first-order valence-electron chi connectivity index (χ1n) is 6.17. The Kier molecular flexibility index (Phi) is 4.09. The van der Waals surface area contributed by atoms with E-state index in [-0.39, 0.29) is 11.9 Å². The molecule has 92 valence electrons. The molecule has 1 saturated carbocycles. The molecule has 4 heteroatoms. The topological polar surface area (TPSA) is 68.0 Å². The molecule has 2 rings (SSSR count). The maximum atomic E-state index is 11.7. The highest BCUT2D eigenvalue weighted by Gasteiger charge is 2.25. The van der Waals surface area contributed by atoms with Crippen LogP contribution < -0.4 is 11.1 Å². The zero-order valence-corrected chi connectivity index (χ0v) is 9.93. The highest BCUT2D eigenvalue weighted by molar-refractivity contribution is 5.76. The molecule has 3 N–H and O–H groups in total. The van der Waals surface area contributed by atoms with Crippen LogP contribution in [-0.2, 0) is 11.3 Å². The summed E-state index contributed by atoms with van der Waals surface area (Å²) >= 11 is 0. The third-order valence-electron chi connectivity index (χ3n) is 3.40. The van der Waals surface area contributed by atoms with Gasteiger partial charge in [-0.15, -0.1) is 0 Å². The van der Waals surface area contributed by atoms with E-state index in [1.807, 2.05) is 12.1 Å². The van der Waals surface area contributed by atoms with Crippen molar-refractivity contribution >= 4 is 5.91 Å². The first-order valence-corrected chi connectivity index (χ1v) is 6.17. The Morgan fingerprint density at radius 2 is 2.18 bits per heavy atom. The molecule has 1 heterocycles. The molecule has 0 bridgehead atoms. The van der Waals surface area contributed by atoms with Crippen LogP contribution in [0.4, 0.5) is 0 Å². The number of hydrogen-bond acceptors (Lipinski definition) is 3. The van der Waals surface area contributed by atoms with E-state index >= 15 is 0 Å². The average Bonchev–Trinajstić information content (AvgIpc) is 2.74. The van der Waals surface area contributed by atoms with Crippen molar-refractivity contribution < 1.29 is 4.79 Å². The van der Waals surface area contributed by atoms with Crippen molar-refractivity contribution in [2.45, 2.75) is 38.3 Å². The second-order valence-electron chi connectivity index (χ2n) is 4.69. The molecule has 0 unspecified atom stereocenters. The summed E-state index contributed by atoms with van der Waals surface area (Å²) in [5.41, 5.74) is 7.02. The quantitative estimate of drug-likeness (QED) is 0.821. The molecule has 1 fully saturated rings. The summed E-state index contributed by atoms with van der Waals surface area (Å²) in [6.45, 7) is 0.573. The first kappa shape index (κ1) is 12.0. The van der Waals surface area contributed by atoms with Crippen molar-refractivity contribution in [3.05, 3.63) is 30.1 Å². The normalized spacial score (nSPS) is 23.6. The molecule has 1 aromatic rings. The highest BCUT2D eigenvalue weighted by Crippen LogP contribution is 2.26. The van der Waals surface area contributed by atoms with E-state index in [1.54, 1.807) is 12.4 Å². The van der Waals surface area contributed by atoms with Gasteiger partial charge in [0.25, 0.3) is 0 Å². The number of carbonyl (C=O) groups is 1. The largest absolute Gasteiger partial charge is 0.352 e. The van der Waals surface area contributed by atoms with Gasteiger partial charge in [-0.1, -0.05) is 6.42 Å². The van der Waals surface area contributed by atoms with Gasteiger partial charge in [0.15, 0.2) is 0 Å². The molecule has 4 nitrogen and oxygen atoms in total. The van der Waals surface area contributed by atoms with Crippen LogP contribution in [0.5, 0.6) is 0 Å². The molecule has 1 amide bonds. The zero-order valence-electron chi connectivity index (χ0n) is 9.93. The lowest BCUT2D eigenvalue weighted by atomic mass is 10.00. The molecule has 0 aliphatic heterocycles. The molecule has 1 aliphatic carbocycles. The van der Waals surface area contributed by atoms with E-state index in [4.69, 9.17) is 5.73 Å². The second kappa shape index (κ2) is 5.77. The number of pyridine rings is 1. The van der Waals surface area contributed by atoms with Crippen LogP contribution in [0.25, 0.3) is 0 Å². The second-order valence-corrected chi connectivity index (χ2v) is 4.69. The Hall–Kier alpha value is -1.42. The summed E-state index contributed by atoms with van der Waals surface area (Å²) in [5.74, 6) is 0.469. The van der Waals surface area contributed by atoms with E-state index in [2.05, 4.69) is 10.3 Å². The number of carbonyl (C=O) groups excluding carboxylic acids is 1. The van der Waals surface area contributed by atoms with Crippen molar-refractivity contribution in [2.24, 2.45) is 11.7 Å². The van der Waals surface area contributed by atoms with Gasteiger partial charge in [-0.25, -0.2) is 0 Å². The number of nitrogens with one attached hydrogen (secondary N) is 1. The fourth-order valence-electron chi connectivity index (χ4n) is 2.33. The number of rotatable bonds is 4. The maximum Gasteiger partial charge on any atom is 0.220 e. The van der Waals surface area contributed by atoms with E-state index in [1.165, 1.54) is 0 Å². The summed E-state index contributed by atoms with van der Waals surface area (Å²) in [7, 11) is 0. The molecule has 2 atom stereocenters. The Morgan fingerprint density at radius 3 is 2.82 bits per heavy atom. The summed E-state index contributed by atoms with van der Waals surface area (Å²) < 4.78 is 0. The molecular formula is C13H19N3O. The van der Waals surface area contributed by atoms with Crippen molar-refractivity contribution in [3.63, 3.8) is 0 Å². The predicted molar refractivity (Wildman–Crippen MR) is 66.0 cm³/mol. The fraction of sp³-hybridized carbons (Fsp3) is 0.538. The van der Waals surface area contributed by atoms with Gasteiger partial charge in [0, 0.05) is 31.4 Å². The van der Waals surface area contributed by atoms with Crippen molar-refractivity contribution in [1.29, 1.82) is 0 Å². The van der Waals surface area contributed by atoms with Gasteiger partial charge in [-0.2, -0.15) is 0 Å². The summed E-state index contributed by atoms with van der Waals surface area (Å²) in [6, 6.07) is 4.02. The third kappa shape index (κ3) is 3.53. The van der Waals surface area contributed by atoms with Crippen molar-refractivity contribution in [1.82, 2.24) is 10.3 Å². The van der Waals surface area contributed by atoms with E-state index < -0.39 is 0 Å². The number of amides is 1. The molecular weight excluding hydrogens is 214 g/mol. The Labute approximate surface area is 102 Å². The van der Waals surface area contributed by atoms with Gasteiger partial charge < -0.3 is 11.1 Å². The van der Waals surface area contributed by atoms with Gasteiger partial charge in [-0.05, 0) is 36.5 Å². The highest BCUT2D eigenvalue weighted by atomic mass is 16.1. The molecule has 17 heavy (non-hydrogen) atoms. The number of hydrogen-bond donors (Lipinski definition) is 2. The van der Waals surface area contributed by atoms with Crippen molar-refractivity contribution in [2.75, 3.05) is 0 Å². The Balaban J connectivity index is 1.74. The Bertz CT molecular complexity index is 366. The Morgan fingerprint density at radius 1 is 1.41 bits per heavy atom. The minimum absolute atomic E-state index is 0.101. The van der Waals surface area contributed by atoms with Gasteiger partial charge in [0.05, 0.1) is 0 Å². The van der Waals surface area contributed by atoms with Crippen LogP contribution in [0, 0.1) is 5.92 Å². The smallest absolute Gasteiger partial charge is 0.220 e. The lowest BCUT2D eigenvalue weighted by molar-refractivity contribution is -0.122. The number of nitrogens with two attached hydrogens (primary N) is 1. The number of nitrogens with zero attached hydrogens (tertiary/aromatic N) is 1. The molecule has 0 radical (unpaired) electrons. The van der Waals surface area contributed by atoms with Crippen LogP contribution >= 0.6 is 0 Å². The average molecular weight is 233 g/mol. The van der Waals surface area contributed by atoms with Crippen LogP contribution in [-0.4, -0.2) is 16.9 Å². The lowest BCUT2D eigenvalue weighted by Crippen LogP contribution is -2.31. The van der Waals surface area contributed by atoms with Gasteiger partial charge in [0.2, 0.25) is 5.91 Å². The minimum Gasteiger partial charge on any atom is -0.352 e. The van der Waals surface area contributed by atoms with Crippen LogP contribution in [0.1, 0.15) is 31.2 Å². The van der Waals surface area contributed by atoms with E-state index in [0.29, 0.717) is 18.9 Å².